The van der Waals surface area contributed by atoms with E-state index in [1.807, 2.05) is 24.3 Å². The molecular weight excluding hydrogens is 554 g/mol. The summed E-state index contributed by atoms with van der Waals surface area (Å²) in [7, 11) is 4.65. The molecule has 4 aromatic carbocycles. The van der Waals surface area contributed by atoms with E-state index in [2.05, 4.69) is 51.6 Å². The summed E-state index contributed by atoms with van der Waals surface area (Å²) in [5.74, 6) is 0.668. The summed E-state index contributed by atoms with van der Waals surface area (Å²) in [6.45, 7) is 2.61. The van der Waals surface area contributed by atoms with E-state index in [1.165, 1.54) is 23.8 Å². The first-order chi connectivity index (χ1) is 21.4. The highest BCUT2D eigenvalue weighted by atomic mass is 16.5. The van der Waals surface area contributed by atoms with Crippen LogP contribution in [-0.4, -0.2) is 49.6 Å². The number of carbonyl (C=O) groups excluding carboxylic acids is 2. The first kappa shape index (κ1) is 28.9. The summed E-state index contributed by atoms with van der Waals surface area (Å²) in [6, 6.07) is 26.9. The number of benzene rings is 4. The summed E-state index contributed by atoms with van der Waals surface area (Å²) in [5, 5.41) is 3.78. The third kappa shape index (κ3) is 5.98. The van der Waals surface area contributed by atoms with Crippen molar-refractivity contribution in [1.82, 2.24) is 9.88 Å². The van der Waals surface area contributed by atoms with Crippen molar-refractivity contribution in [3.8, 4) is 22.6 Å². The highest BCUT2D eigenvalue weighted by molar-refractivity contribution is 6.09. The average molecular weight is 588 g/mol. The quantitative estimate of drug-likeness (QED) is 0.207. The van der Waals surface area contributed by atoms with Crippen molar-refractivity contribution in [2.24, 2.45) is 0 Å². The van der Waals surface area contributed by atoms with E-state index < -0.39 is 5.97 Å². The smallest absolute Gasteiger partial charge is 0.339 e. The van der Waals surface area contributed by atoms with Crippen LogP contribution >= 0.6 is 0 Å². The lowest BCUT2D eigenvalue weighted by Gasteiger charge is -2.29. The number of methoxy groups -OCH3 is 3. The molecule has 1 aliphatic heterocycles. The molecular formula is C36H33N3O5. The number of aromatic nitrogens is 1. The zero-order valence-electron chi connectivity index (χ0n) is 24.9. The number of rotatable bonds is 8. The predicted octanol–water partition coefficient (Wildman–Crippen LogP) is 6.52. The minimum atomic E-state index is -0.524. The van der Waals surface area contributed by atoms with E-state index in [4.69, 9.17) is 14.2 Å². The van der Waals surface area contributed by atoms with Gasteiger partial charge in [0.1, 0.15) is 0 Å². The molecule has 222 valence electrons. The van der Waals surface area contributed by atoms with E-state index in [-0.39, 0.29) is 11.5 Å². The van der Waals surface area contributed by atoms with Gasteiger partial charge < -0.3 is 19.5 Å². The third-order valence-electron chi connectivity index (χ3n) is 8.03. The lowest BCUT2D eigenvalue weighted by Crippen LogP contribution is -2.30. The van der Waals surface area contributed by atoms with Gasteiger partial charge in [0.15, 0.2) is 11.5 Å². The Morgan fingerprint density at radius 1 is 0.841 bits per heavy atom. The Morgan fingerprint density at radius 3 is 2.34 bits per heavy atom. The number of esters is 1. The van der Waals surface area contributed by atoms with Crippen LogP contribution in [0.2, 0.25) is 0 Å². The number of hydrogen-bond acceptors (Lipinski definition) is 7. The molecule has 0 saturated heterocycles. The third-order valence-corrected chi connectivity index (χ3v) is 8.03. The summed E-state index contributed by atoms with van der Waals surface area (Å²) in [5.41, 5.74) is 7.52. The SMILES string of the molecule is COC(=O)c1ccc(-c2ccc(CN3CCc4cc(OC)c(OC)cc4C3)cc2)cc1NC(=O)c1ccc2ncccc2c1. The fourth-order valence-corrected chi connectivity index (χ4v) is 5.66. The molecule has 44 heavy (non-hydrogen) atoms. The van der Waals surface area contributed by atoms with Crippen LogP contribution in [0.3, 0.4) is 0 Å². The molecule has 0 bridgehead atoms. The van der Waals surface area contributed by atoms with Gasteiger partial charge in [0, 0.05) is 36.8 Å². The average Bonchev–Trinajstić information content (AvgIpc) is 3.07. The first-order valence-corrected chi connectivity index (χ1v) is 14.4. The Hall–Kier alpha value is -5.21. The number of ether oxygens (including phenoxy) is 3. The van der Waals surface area contributed by atoms with Crippen LogP contribution in [-0.2, 0) is 24.2 Å². The molecule has 8 heteroatoms. The van der Waals surface area contributed by atoms with Crippen LogP contribution in [0.4, 0.5) is 5.69 Å². The maximum Gasteiger partial charge on any atom is 0.339 e. The number of amides is 1. The molecule has 0 aliphatic carbocycles. The molecule has 2 heterocycles. The molecule has 0 spiro atoms. The van der Waals surface area contributed by atoms with Crippen LogP contribution < -0.4 is 14.8 Å². The van der Waals surface area contributed by atoms with Crippen molar-refractivity contribution in [2.45, 2.75) is 19.5 Å². The van der Waals surface area contributed by atoms with Gasteiger partial charge in [-0.25, -0.2) is 4.79 Å². The number of hydrogen-bond donors (Lipinski definition) is 1. The number of fused-ring (bicyclic) bond motifs is 2. The van der Waals surface area contributed by atoms with Gasteiger partial charge in [-0.3, -0.25) is 14.7 Å². The zero-order valence-corrected chi connectivity index (χ0v) is 24.9. The largest absolute Gasteiger partial charge is 0.493 e. The predicted molar refractivity (Wildman–Crippen MR) is 170 cm³/mol. The van der Waals surface area contributed by atoms with Crippen molar-refractivity contribution in [2.75, 3.05) is 33.2 Å². The molecule has 0 saturated carbocycles. The van der Waals surface area contributed by atoms with Crippen LogP contribution in [0.1, 0.15) is 37.4 Å². The maximum absolute atomic E-state index is 13.2. The zero-order chi connectivity index (χ0) is 30.6. The van der Waals surface area contributed by atoms with Crippen molar-refractivity contribution < 1.29 is 23.8 Å². The second-order valence-electron chi connectivity index (χ2n) is 10.8. The van der Waals surface area contributed by atoms with E-state index >= 15 is 0 Å². The Morgan fingerprint density at radius 2 is 1.59 bits per heavy atom. The minimum absolute atomic E-state index is 0.281. The number of pyridine rings is 1. The Kier molecular flexibility index (Phi) is 8.25. The number of nitrogens with zero attached hydrogens (tertiary/aromatic N) is 2. The Balaban J connectivity index is 1.19. The summed E-state index contributed by atoms with van der Waals surface area (Å²) >= 11 is 0. The van der Waals surface area contributed by atoms with Crippen LogP contribution in [0.25, 0.3) is 22.0 Å². The standard InChI is InChI=1S/C36H33N3O5/c1-42-33-19-26-14-16-39(22-29(26)20-34(33)43-2)21-23-6-8-24(9-7-23)25-10-12-30(36(41)44-3)32(18-25)38-35(40)28-11-13-31-27(17-28)5-4-15-37-31/h4-13,15,17-20H,14,16,21-22H2,1-3H3,(H,38,40). The van der Waals surface area contributed by atoms with Gasteiger partial charge in [0.2, 0.25) is 0 Å². The van der Waals surface area contributed by atoms with E-state index in [9.17, 15) is 9.59 Å². The lowest BCUT2D eigenvalue weighted by molar-refractivity contribution is 0.0602. The van der Waals surface area contributed by atoms with E-state index in [0.717, 1.165) is 59.6 Å². The topological polar surface area (TPSA) is 90.0 Å². The molecule has 5 aromatic rings. The van der Waals surface area contributed by atoms with E-state index in [0.29, 0.717) is 11.3 Å². The fourth-order valence-electron chi connectivity index (χ4n) is 5.66. The fraction of sp³-hybridized carbons (Fsp3) is 0.194. The summed E-state index contributed by atoms with van der Waals surface area (Å²) < 4.78 is 16.0. The normalized spacial score (nSPS) is 12.8. The van der Waals surface area contributed by atoms with Gasteiger partial charge in [-0.2, -0.15) is 0 Å². The van der Waals surface area contributed by atoms with Crippen molar-refractivity contribution >= 4 is 28.5 Å². The van der Waals surface area contributed by atoms with Gasteiger partial charge in [-0.15, -0.1) is 0 Å². The van der Waals surface area contributed by atoms with Crippen LogP contribution in [0.15, 0.2) is 91.1 Å². The van der Waals surface area contributed by atoms with Crippen molar-refractivity contribution in [3.63, 3.8) is 0 Å². The summed E-state index contributed by atoms with van der Waals surface area (Å²) in [6.07, 6.45) is 2.66. The molecule has 0 fully saturated rings. The second kappa shape index (κ2) is 12.6. The summed E-state index contributed by atoms with van der Waals surface area (Å²) in [4.78, 5) is 32.5. The van der Waals surface area contributed by atoms with Gasteiger partial charge in [-0.1, -0.05) is 36.4 Å². The molecule has 0 radical (unpaired) electrons. The highest BCUT2D eigenvalue weighted by Gasteiger charge is 2.20. The molecule has 8 nitrogen and oxygen atoms in total. The molecule has 1 N–H and O–H groups in total. The molecule has 1 amide bonds. The van der Waals surface area contributed by atoms with Crippen LogP contribution in [0.5, 0.6) is 11.5 Å². The molecule has 1 aromatic heterocycles. The molecule has 1 aliphatic rings. The number of carbonyl (C=O) groups is 2. The van der Waals surface area contributed by atoms with Crippen molar-refractivity contribution in [3.05, 3.63) is 119 Å². The monoisotopic (exact) mass is 587 g/mol. The Bertz CT molecular complexity index is 1850. The molecule has 0 atom stereocenters. The van der Waals surface area contributed by atoms with E-state index in [1.54, 1.807) is 44.7 Å². The highest BCUT2D eigenvalue weighted by Crippen LogP contribution is 2.34. The minimum Gasteiger partial charge on any atom is -0.493 e. The first-order valence-electron chi connectivity index (χ1n) is 14.4. The maximum atomic E-state index is 13.2. The lowest BCUT2D eigenvalue weighted by atomic mass is 9.97. The van der Waals surface area contributed by atoms with Gasteiger partial charge >= 0.3 is 5.97 Å². The van der Waals surface area contributed by atoms with Crippen LogP contribution in [0, 0.1) is 0 Å². The van der Waals surface area contributed by atoms with Gasteiger partial charge in [0.05, 0.1) is 38.1 Å². The van der Waals surface area contributed by atoms with Gasteiger partial charge in [-0.05, 0) is 82.8 Å². The number of nitrogens with one attached hydrogen (secondary N) is 1. The second-order valence-corrected chi connectivity index (χ2v) is 10.8. The molecule has 0 unspecified atom stereocenters. The van der Waals surface area contributed by atoms with Crippen molar-refractivity contribution in [1.29, 1.82) is 0 Å². The van der Waals surface area contributed by atoms with Gasteiger partial charge in [0.25, 0.3) is 5.91 Å². The number of anilines is 1. The Labute approximate surface area is 256 Å². The molecule has 6 rings (SSSR count).